The zero-order valence-corrected chi connectivity index (χ0v) is 12.8. The smallest absolute Gasteiger partial charge is 0.224 e. The standard InChI is InChI=1S/C18H17F2NO3/c19-13-6-5-12(9-14(13)20)18-15(7-8-24-18)21-17(23)10-11-3-1-2-4-16(11)22/h1-6,9,15,18,22H,7-8,10H2,(H,21,23)/t15-,18+/m1/s1. The topological polar surface area (TPSA) is 58.6 Å². The van der Waals surface area contributed by atoms with Crippen LogP contribution >= 0.6 is 0 Å². The molecule has 2 atom stereocenters. The Kier molecular flexibility index (Phi) is 4.76. The molecule has 0 spiro atoms. The number of nitrogens with one attached hydrogen (secondary N) is 1. The van der Waals surface area contributed by atoms with Crippen molar-refractivity contribution in [1.82, 2.24) is 5.32 Å². The van der Waals surface area contributed by atoms with Crippen molar-refractivity contribution in [2.45, 2.75) is 25.0 Å². The van der Waals surface area contributed by atoms with Gasteiger partial charge in [-0.05, 0) is 30.2 Å². The van der Waals surface area contributed by atoms with E-state index in [0.717, 1.165) is 12.1 Å². The molecule has 2 aromatic carbocycles. The first kappa shape index (κ1) is 16.4. The predicted octanol–water partition coefficient (Wildman–Crippen LogP) is 2.86. The number of phenols is 1. The second-order valence-corrected chi connectivity index (χ2v) is 5.73. The summed E-state index contributed by atoms with van der Waals surface area (Å²) in [5.74, 6) is -2.06. The van der Waals surface area contributed by atoms with Crippen LogP contribution < -0.4 is 5.32 Å². The first-order chi connectivity index (χ1) is 11.5. The largest absolute Gasteiger partial charge is 0.508 e. The van der Waals surface area contributed by atoms with Crippen LogP contribution in [-0.2, 0) is 16.0 Å². The molecule has 0 saturated carbocycles. The SMILES string of the molecule is O=C(Cc1ccccc1O)N[C@@H]1CCO[C@H]1c1ccc(F)c(F)c1. The van der Waals surface area contributed by atoms with Crippen LogP contribution in [0.25, 0.3) is 0 Å². The molecule has 2 aromatic rings. The summed E-state index contributed by atoms with van der Waals surface area (Å²) in [7, 11) is 0. The summed E-state index contributed by atoms with van der Waals surface area (Å²) in [6, 6.07) is 9.88. The average Bonchev–Trinajstić information content (AvgIpc) is 3.00. The highest BCUT2D eigenvalue weighted by atomic mass is 19.2. The summed E-state index contributed by atoms with van der Waals surface area (Å²) in [6.45, 7) is 0.422. The van der Waals surface area contributed by atoms with Crippen molar-refractivity contribution < 1.29 is 23.4 Å². The highest BCUT2D eigenvalue weighted by Crippen LogP contribution is 2.30. The monoisotopic (exact) mass is 333 g/mol. The first-order valence-electron chi connectivity index (χ1n) is 7.67. The van der Waals surface area contributed by atoms with E-state index < -0.39 is 17.7 Å². The molecule has 3 rings (SSSR count). The van der Waals surface area contributed by atoms with Gasteiger partial charge < -0.3 is 15.2 Å². The number of halogens is 2. The molecule has 1 aliphatic heterocycles. The van der Waals surface area contributed by atoms with E-state index in [4.69, 9.17) is 4.74 Å². The van der Waals surface area contributed by atoms with Crippen LogP contribution in [0.3, 0.4) is 0 Å². The molecular formula is C18H17F2NO3. The zero-order chi connectivity index (χ0) is 17.1. The van der Waals surface area contributed by atoms with E-state index in [2.05, 4.69) is 5.32 Å². The molecule has 24 heavy (non-hydrogen) atoms. The predicted molar refractivity (Wildman–Crippen MR) is 83.4 cm³/mol. The van der Waals surface area contributed by atoms with Gasteiger partial charge in [0.15, 0.2) is 11.6 Å². The minimum absolute atomic E-state index is 0.0354. The van der Waals surface area contributed by atoms with Crippen LogP contribution in [0.5, 0.6) is 5.75 Å². The summed E-state index contributed by atoms with van der Waals surface area (Å²) in [4.78, 5) is 12.2. The maximum Gasteiger partial charge on any atom is 0.224 e. The molecule has 0 bridgehead atoms. The van der Waals surface area contributed by atoms with E-state index in [1.807, 2.05) is 0 Å². The maximum absolute atomic E-state index is 13.4. The lowest BCUT2D eigenvalue weighted by atomic mass is 10.0. The Morgan fingerprint density at radius 2 is 2.00 bits per heavy atom. The normalized spacial score (nSPS) is 20.1. The van der Waals surface area contributed by atoms with Crippen molar-refractivity contribution >= 4 is 5.91 Å². The van der Waals surface area contributed by atoms with Gasteiger partial charge >= 0.3 is 0 Å². The van der Waals surface area contributed by atoms with Crippen LogP contribution in [0.15, 0.2) is 42.5 Å². The van der Waals surface area contributed by atoms with Gasteiger partial charge in [0.25, 0.3) is 0 Å². The average molecular weight is 333 g/mol. The number of hydrogen-bond donors (Lipinski definition) is 2. The minimum atomic E-state index is -0.942. The Balaban J connectivity index is 1.68. The van der Waals surface area contributed by atoms with E-state index in [-0.39, 0.29) is 24.1 Å². The summed E-state index contributed by atoms with van der Waals surface area (Å²) in [5.41, 5.74) is 1.01. The highest BCUT2D eigenvalue weighted by Gasteiger charge is 2.31. The van der Waals surface area contributed by atoms with Crippen molar-refractivity contribution in [1.29, 1.82) is 0 Å². The summed E-state index contributed by atoms with van der Waals surface area (Å²) >= 11 is 0. The minimum Gasteiger partial charge on any atom is -0.508 e. The van der Waals surface area contributed by atoms with E-state index >= 15 is 0 Å². The molecule has 1 heterocycles. The summed E-state index contributed by atoms with van der Waals surface area (Å²) in [6.07, 6.45) is 0.0949. The number of aromatic hydroxyl groups is 1. The van der Waals surface area contributed by atoms with Gasteiger partial charge in [0, 0.05) is 12.2 Å². The molecule has 0 unspecified atom stereocenters. The molecule has 0 radical (unpaired) electrons. The molecule has 126 valence electrons. The Hall–Kier alpha value is -2.47. The lowest BCUT2D eigenvalue weighted by Gasteiger charge is -2.20. The highest BCUT2D eigenvalue weighted by molar-refractivity contribution is 5.79. The molecule has 0 aliphatic carbocycles. The van der Waals surface area contributed by atoms with Crippen LogP contribution in [0.2, 0.25) is 0 Å². The van der Waals surface area contributed by atoms with Crippen molar-refractivity contribution in [3.63, 3.8) is 0 Å². The zero-order valence-electron chi connectivity index (χ0n) is 12.8. The van der Waals surface area contributed by atoms with Crippen LogP contribution in [-0.4, -0.2) is 23.7 Å². The van der Waals surface area contributed by atoms with Crippen molar-refractivity contribution in [2.75, 3.05) is 6.61 Å². The third-order valence-corrected chi connectivity index (χ3v) is 4.05. The lowest BCUT2D eigenvalue weighted by molar-refractivity contribution is -0.121. The molecule has 1 aliphatic rings. The van der Waals surface area contributed by atoms with Crippen LogP contribution in [0.1, 0.15) is 23.7 Å². The quantitative estimate of drug-likeness (QED) is 0.904. The van der Waals surface area contributed by atoms with Crippen molar-refractivity contribution in [2.24, 2.45) is 0 Å². The molecule has 2 N–H and O–H groups in total. The van der Waals surface area contributed by atoms with Gasteiger partial charge in [-0.25, -0.2) is 8.78 Å². The summed E-state index contributed by atoms with van der Waals surface area (Å²) in [5, 5.41) is 12.6. The number of carbonyl (C=O) groups is 1. The molecule has 1 fully saturated rings. The Bertz CT molecular complexity index is 751. The van der Waals surface area contributed by atoms with Crippen LogP contribution in [0.4, 0.5) is 8.78 Å². The van der Waals surface area contributed by atoms with Gasteiger partial charge in [0.2, 0.25) is 5.91 Å². The number of hydrogen-bond acceptors (Lipinski definition) is 3. The summed E-state index contributed by atoms with van der Waals surface area (Å²) < 4.78 is 32.0. The van der Waals surface area contributed by atoms with Crippen LogP contribution in [0, 0.1) is 11.6 Å². The molecule has 1 saturated heterocycles. The van der Waals surface area contributed by atoms with Gasteiger partial charge in [-0.15, -0.1) is 0 Å². The third-order valence-electron chi connectivity index (χ3n) is 4.05. The number of amides is 1. The molecule has 0 aromatic heterocycles. The lowest BCUT2D eigenvalue weighted by Crippen LogP contribution is -2.37. The Morgan fingerprint density at radius 3 is 2.75 bits per heavy atom. The molecule has 1 amide bonds. The molecular weight excluding hydrogens is 316 g/mol. The third kappa shape index (κ3) is 3.54. The van der Waals surface area contributed by atoms with Crippen molar-refractivity contribution in [3.8, 4) is 5.75 Å². The maximum atomic E-state index is 13.4. The number of benzene rings is 2. The molecule has 4 nitrogen and oxygen atoms in total. The number of ether oxygens (including phenoxy) is 1. The van der Waals surface area contributed by atoms with E-state index in [1.54, 1.807) is 18.2 Å². The van der Waals surface area contributed by atoms with Gasteiger partial charge in [-0.3, -0.25) is 4.79 Å². The second kappa shape index (κ2) is 6.97. The Labute approximate surface area is 138 Å². The fraction of sp³-hybridized carbons (Fsp3) is 0.278. The Morgan fingerprint density at radius 1 is 1.21 bits per heavy atom. The number of para-hydroxylation sites is 1. The fourth-order valence-corrected chi connectivity index (χ4v) is 2.85. The first-order valence-corrected chi connectivity index (χ1v) is 7.67. The number of rotatable bonds is 4. The van der Waals surface area contributed by atoms with Crippen molar-refractivity contribution in [3.05, 3.63) is 65.2 Å². The van der Waals surface area contributed by atoms with Gasteiger partial charge in [-0.2, -0.15) is 0 Å². The van der Waals surface area contributed by atoms with Gasteiger partial charge in [0.1, 0.15) is 11.9 Å². The van der Waals surface area contributed by atoms with E-state index in [9.17, 15) is 18.7 Å². The number of carbonyl (C=O) groups excluding carboxylic acids is 1. The van der Waals surface area contributed by atoms with E-state index in [1.165, 1.54) is 12.1 Å². The van der Waals surface area contributed by atoms with E-state index in [0.29, 0.717) is 24.2 Å². The molecule has 6 heteroatoms. The van der Waals surface area contributed by atoms with Gasteiger partial charge in [0.05, 0.1) is 12.5 Å². The van der Waals surface area contributed by atoms with Gasteiger partial charge in [-0.1, -0.05) is 24.3 Å². The number of phenolic OH excluding ortho intramolecular Hbond substituents is 1. The fourth-order valence-electron chi connectivity index (χ4n) is 2.85. The second-order valence-electron chi connectivity index (χ2n) is 5.73.